The molecule has 1 heterocycles. The van der Waals surface area contributed by atoms with Crippen LogP contribution < -0.4 is 4.74 Å². The van der Waals surface area contributed by atoms with Crippen molar-refractivity contribution in [3.63, 3.8) is 0 Å². The summed E-state index contributed by atoms with van der Waals surface area (Å²) in [5, 5.41) is 0. The van der Waals surface area contributed by atoms with E-state index in [0.29, 0.717) is 6.54 Å². The Bertz CT molecular complexity index is 697. The molecular formula is C26H40N2O3. The van der Waals surface area contributed by atoms with E-state index in [9.17, 15) is 9.59 Å². The van der Waals surface area contributed by atoms with Gasteiger partial charge in [-0.1, -0.05) is 70.9 Å². The van der Waals surface area contributed by atoms with E-state index in [-0.39, 0.29) is 24.4 Å². The van der Waals surface area contributed by atoms with Crippen LogP contribution in [0.2, 0.25) is 0 Å². The molecule has 0 aromatic heterocycles. The molecule has 1 atom stereocenters. The molecule has 3 rings (SSSR count). The van der Waals surface area contributed by atoms with Gasteiger partial charge in [0.2, 0.25) is 5.91 Å². The Morgan fingerprint density at radius 1 is 0.903 bits per heavy atom. The van der Waals surface area contributed by atoms with Gasteiger partial charge in [-0.05, 0) is 43.4 Å². The van der Waals surface area contributed by atoms with Crippen LogP contribution in [0.15, 0.2) is 24.3 Å². The SMILES string of the molecule is CCCCCCOc1ccc([C@@H]2C(=O)N(C3CCCCC3)CC(=O)N2CCCC)cc1. The Kier molecular flexibility index (Phi) is 9.23. The Hall–Kier alpha value is -2.04. The summed E-state index contributed by atoms with van der Waals surface area (Å²) in [5.74, 6) is 1.01. The average molecular weight is 429 g/mol. The lowest BCUT2D eigenvalue weighted by molar-refractivity contribution is -0.159. The number of ether oxygens (including phenoxy) is 1. The number of unbranched alkanes of at least 4 members (excludes halogenated alkanes) is 4. The lowest BCUT2D eigenvalue weighted by atomic mass is 9.91. The third-order valence-electron chi connectivity index (χ3n) is 6.69. The Balaban J connectivity index is 1.73. The predicted molar refractivity (Wildman–Crippen MR) is 124 cm³/mol. The lowest BCUT2D eigenvalue weighted by Crippen LogP contribution is -2.58. The van der Waals surface area contributed by atoms with E-state index in [1.807, 2.05) is 34.1 Å². The third-order valence-corrected chi connectivity index (χ3v) is 6.69. The van der Waals surface area contributed by atoms with Gasteiger partial charge in [-0.15, -0.1) is 0 Å². The zero-order valence-electron chi connectivity index (χ0n) is 19.5. The van der Waals surface area contributed by atoms with Crippen molar-refractivity contribution in [2.24, 2.45) is 0 Å². The van der Waals surface area contributed by atoms with E-state index in [1.165, 1.54) is 25.7 Å². The smallest absolute Gasteiger partial charge is 0.250 e. The monoisotopic (exact) mass is 428 g/mol. The van der Waals surface area contributed by atoms with Crippen molar-refractivity contribution in [1.29, 1.82) is 0 Å². The van der Waals surface area contributed by atoms with Crippen LogP contribution in [-0.4, -0.2) is 47.4 Å². The van der Waals surface area contributed by atoms with Gasteiger partial charge in [0, 0.05) is 12.6 Å². The number of nitrogens with zero attached hydrogens (tertiary/aromatic N) is 2. The predicted octanol–water partition coefficient (Wildman–Crippen LogP) is 5.49. The molecule has 0 unspecified atom stereocenters. The maximum Gasteiger partial charge on any atom is 0.250 e. The van der Waals surface area contributed by atoms with Crippen molar-refractivity contribution < 1.29 is 14.3 Å². The first kappa shape index (κ1) is 23.6. The number of amides is 2. The van der Waals surface area contributed by atoms with Gasteiger partial charge in [0.1, 0.15) is 18.3 Å². The minimum atomic E-state index is -0.506. The highest BCUT2D eigenvalue weighted by molar-refractivity contribution is 5.95. The first-order chi connectivity index (χ1) is 15.2. The van der Waals surface area contributed by atoms with Crippen LogP contribution in [0, 0.1) is 0 Å². The maximum atomic E-state index is 13.6. The van der Waals surface area contributed by atoms with E-state index < -0.39 is 6.04 Å². The highest BCUT2D eigenvalue weighted by atomic mass is 16.5. The highest BCUT2D eigenvalue weighted by Gasteiger charge is 2.42. The minimum Gasteiger partial charge on any atom is -0.494 e. The van der Waals surface area contributed by atoms with Crippen LogP contribution in [-0.2, 0) is 9.59 Å². The second kappa shape index (κ2) is 12.1. The van der Waals surface area contributed by atoms with Gasteiger partial charge in [0.15, 0.2) is 0 Å². The zero-order valence-corrected chi connectivity index (χ0v) is 19.5. The Morgan fingerprint density at radius 3 is 2.29 bits per heavy atom. The number of carbonyl (C=O) groups excluding carboxylic acids is 2. The van der Waals surface area contributed by atoms with E-state index in [4.69, 9.17) is 4.74 Å². The van der Waals surface area contributed by atoms with Crippen LogP contribution in [0.1, 0.15) is 96.1 Å². The van der Waals surface area contributed by atoms with Crippen LogP contribution in [0.4, 0.5) is 0 Å². The molecule has 2 aliphatic rings. The molecule has 0 N–H and O–H groups in total. The average Bonchev–Trinajstić information content (AvgIpc) is 2.80. The zero-order chi connectivity index (χ0) is 22.1. The third kappa shape index (κ3) is 6.24. The molecule has 1 saturated heterocycles. The fourth-order valence-electron chi connectivity index (χ4n) is 4.82. The number of benzene rings is 1. The topological polar surface area (TPSA) is 49.9 Å². The molecule has 2 fully saturated rings. The quantitative estimate of drug-likeness (QED) is 0.438. The largest absolute Gasteiger partial charge is 0.494 e. The molecule has 1 aromatic carbocycles. The summed E-state index contributed by atoms with van der Waals surface area (Å²) in [6, 6.07) is 7.55. The molecule has 5 nitrogen and oxygen atoms in total. The van der Waals surface area contributed by atoms with Crippen molar-refractivity contribution in [3.8, 4) is 5.75 Å². The van der Waals surface area contributed by atoms with Crippen molar-refractivity contribution >= 4 is 11.8 Å². The summed E-state index contributed by atoms with van der Waals surface area (Å²) in [6.45, 7) is 5.92. The molecule has 5 heteroatoms. The van der Waals surface area contributed by atoms with Gasteiger partial charge in [-0.3, -0.25) is 9.59 Å². The molecule has 172 valence electrons. The molecule has 0 bridgehead atoms. The summed E-state index contributed by atoms with van der Waals surface area (Å²) in [5.41, 5.74) is 0.897. The van der Waals surface area contributed by atoms with E-state index in [0.717, 1.165) is 62.9 Å². The molecule has 1 aliphatic carbocycles. The van der Waals surface area contributed by atoms with Crippen molar-refractivity contribution in [3.05, 3.63) is 29.8 Å². The number of rotatable bonds is 11. The van der Waals surface area contributed by atoms with E-state index >= 15 is 0 Å². The van der Waals surface area contributed by atoms with Crippen molar-refractivity contribution in [1.82, 2.24) is 9.80 Å². The molecule has 31 heavy (non-hydrogen) atoms. The lowest BCUT2D eigenvalue weighted by Gasteiger charge is -2.44. The summed E-state index contributed by atoms with van der Waals surface area (Å²) < 4.78 is 5.88. The Morgan fingerprint density at radius 2 is 1.61 bits per heavy atom. The van der Waals surface area contributed by atoms with Gasteiger partial charge in [-0.2, -0.15) is 0 Å². The Labute approximate surface area is 188 Å². The van der Waals surface area contributed by atoms with Crippen LogP contribution in [0.3, 0.4) is 0 Å². The maximum absolute atomic E-state index is 13.6. The van der Waals surface area contributed by atoms with Crippen LogP contribution in [0.5, 0.6) is 5.75 Å². The van der Waals surface area contributed by atoms with E-state index in [1.54, 1.807) is 0 Å². The first-order valence-electron chi connectivity index (χ1n) is 12.5. The van der Waals surface area contributed by atoms with Crippen molar-refractivity contribution in [2.75, 3.05) is 19.7 Å². The van der Waals surface area contributed by atoms with Gasteiger partial charge in [0.05, 0.1) is 6.61 Å². The molecule has 1 saturated carbocycles. The molecule has 0 spiro atoms. The van der Waals surface area contributed by atoms with Gasteiger partial charge < -0.3 is 14.5 Å². The van der Waals surface area contributed by atoms with Crippen LogP contribution in [0.25, 0.3) is 0 Å². The summed E-state index contributed by atoms with van der Waals surface area (Å²) >= 11 is 0. The normalized spacial score (nSPS) is 20.4. The minimum absolute atomic E-state index is 0.0832. The number of piperazine rings is 1. The summed E-state index contributed by atoms with van der Waals surface area (Å²) in [4.78, 5) is 30.4. The number of carbonyl (C=O) groups is 2. The number of hydrogen-bond donors (Lipinski definition) is 0. The first-order valence-corrected chi connectivity index (χ1v) is 12.5. The second-order valence-electron chi connectivity index (χ2n) is 9.08. The fraction of sp³-hybridized carbons (Fsp3) is 0.692. The molecule has 2 amide bonds. The van der Waals surface area contributed by atoms with Gasteiger partial charge in [-0.25, -0.2) is 0 Å². The van der Waals surface area contributed by atoms with E-state index in [2.05, 4.69) is 13.8 Å². The van der Waals surface area contributed by atoms with Crippen molar-refractivity contribution in [2.45, 2.75) is 96.6 Å². The molecule has 1 aromatic rings. The highest BCUT2D eigenvalue weighted by Crippen LogP contribution is 2.33. The molecule has 0 radical (unpaired) electrons. The molecular weight excluding hydrogens is 388 g/mol. The fourth-order valence-corrected chi connectivity index (χ4v) is 4.82. The second-order valence-corrected chi connectivity index (χ2v) is 9.08. The number of hydrogen-bond acceptors (Lipinski definition) is 3. The summed E-state index contributed by atoms with van der Waals surface area (Å²) in [7, 11) is 0. The summed E-state index contributed by atoms with van der Waals surface area (Å²) in [6.07, 6.45) is 12.2. The molecule has 1 aliphatic heterocycles. The van der Waals surface area contributed by atoms with Gasteiger partial charge >= 0.3 is 0 Å². The van der Waals surface area contributed by atoms with Crippen LogP contribution >= 0.6 is 0 Å². The van der Waals surface area contributed by atoms with Gasteiger partial charge in [0.25, 0.3) is 5.91 Å². The standard InChI is InChI=1S/C26H40N2O3/c1-3-5-7-11-19-31-23-16-14-21(15-17-23)25-26(30)28(22-12-9-8-10-13-22)20-24(29)27(25)18-6-4-2/h14-17,22,25H,3-13,18-20H2,1-2H3/t25-/m1/s1.